The number of amides is 1. The van der Waals surface area contributed by atoms with Gasteiger partial charge in [-0.05, 0) is 31.0 Å². The first-order valence-electron chi connectivity index (χ1n) is 9.36. The third kappa shape index (κ3) is 3.63. The second kappa shape index (κ2) is 7.48. The molecule has 11 heteroatoms. The molecule has 3 heterocycles. The summed E-state index contributed by atoms with van der Waals surface area (Å²) in [6.45, 7) is 0. The van der Waals surface area contributed by atoms with Crippen LogP contribution in [-0.2, 0) is 0 Å². The van der Waals surface area contributed by atoms with Crippen LogP contribution in [0.15, 0.2) is 36.7 Å². The molecule has 1 aliphatic carbocycles. The van der Waals surface area contributed by atoms with Crippen LogP contribution in [0.2, 0.25) is 0 Å². The number of nitrogens with two attached hydrogens (primary N) is 2. The summed E-state index contributed by atoms with van der Waals surface area (Å²) in [6.07, 6.45) is 3.50. The third-order valence-electron chi connectivity index (χ3n) is 5.19. The maximum Gasteiger partial charge on any atom is 0.264 e. The molecule has 0 bridgehead atoms. The van der Waals surface area contributed by atoms with Gasteiger partial charge in [-0.1, -0.05) is 6.07 Å². The molecule has 0 saturated heterocycles. The molecule has 2 atom stereocenters. The molecule has 0 radical (unpaired) electrons. The molecule has 6 N–H and O–H groups in total. The van der Waals surface area contributed by atoms with E-state index in [-0.39, 0.29) is 30.0 Å². The van der Waals surface area contributed by atoms with Crippen LogP contribution in [-0.4, -0.2) is 38.5 Å². The van der Waals surface area contributed by atoms with E-state index in [1.165, 1.54) is 6.20 Å². The largest absolute Gasteiger partial charge is 0.365 e. The zero-order chi connectivity index (χ0) is 21.5. The van der Waals surface area contributed by atoms with Crippen molar-refractivity contribution < 1.29 is 18.0 Å². The summed E-state index contributed by atoms with van der Waals surface area (Å²) in [5.74, 6) is -5.17. The quantitative estimate of drug-likeness (QED) is 0.504. The van der Waals surface area contributed by atoms with Gasteiger partial charge in [0.1, 0.15) is 5.82 Å². The van der Waals surface area contributed by atoms with Gasteiger partial charge in [0.15, 0.2) is 11.6 Å². The lowest BCUT2D eigenvalue weighted by Gasteiger charge is -2.36. The number of aromatic nitrogens is 3. The van der Waals surface area contributed by atoms with E-state index in [2.05, 4.69) is 20.7 Å². The number of hydrogen-bond donors (Lipinski definition) is 4. The number of alkyl halides is 2. The molecule has 0 aromatic carbocycles. The van der Waals surface area contributed by atoms with Crippen molar-refractivity contribution in [3.8, 4) is 0 Å². The number of nitrogens with one attached hydrogen (secondary N) is 2. The molecule has 0 spiro atoms. The summed E-state index contributed by atoms with van der Waals surface area (Å²) in [7, 11) is 0. The molecule has 3 aromatic rings. The molecule has 4 rings (SSSR count). The van der Waals surface area contributed by atoms with E-state index in [9.17, 15) is 18.0 Å². The summed E-state index contributed by atoms with van der Waals surface area (Å²) in [5.41, 5.74) is 12.0. The van der Waals surface area contributed by atoms with Crippen molar-refractivity contribution in [3.05, 3.63) is 48.0 Å². The van der Waals surface area contributed by atoms with Crippen LogP contribution >= 0.6 is 0 Å². The standard InChI is InChI=1S/C19H20F3N7O/c20-11-8-10(16(24)30)17(27-13-9-25-29-7-2-1-5-14(13)29)28-18(11)26-12-4-3-6-19(21,22)15(12)23/h1-2,5,7-9,12,15H,3-4,6,23H2,(H2,24,30)(H2,26,27,28)/t12-,15-/m1/s1. The van der Waals surface area contributed by atoms with E-state index in [1.807, 2.05) is 0 Å². The first-order valence-corrected chi connectivity index (χ1v) is 9.36. The Hall–Kier alpha value is -3.34. The first kappa shape index (κ1) is 20.0. The van der Waals surface area contributed by atoms with Crippen LogP contribution < -0.4 is 22.1 Å². The van der Waals surface area contributed by atoms with E-state index >= 15 is 0 Å². The van der Waals surface area contributed by atoms with Gasteiger partial charge in [0.2, 0.25) is 0 Å². The second-order valence-corrected chi connectivity index (χ2v) is 7.22. The highest BCUT2D eigenvalue weighted by atomic mass is 19.3. The van der Waals surface area contributed by atoms with E-state index in [1.54, 1.807) is 28.9 Å². The molecule has 3 aromatic heterocycles. The summed E-state index contributed by atoms with van der Waals surface area (Å²) in [4.78, 5) is 15.9. The Morgan fingerprint density at radius 2 is 2.10 bits per heavy atom. The van der Waals surface area contributed by atoms with Crippen molar-refractivity contribution in [1.82, 2.24) is 14.6 Å². The highest BCUT2D eigenvalue weighted by Gasteiger charge is 2.45. The van der Waals surface area contributed by atoms with Crippen LogP contribution in [0.1, 0.15) is 29.6 Å². The van der Waals surface area contributed by atoms with Gasteiger partial charge in [0.05, 0.1) is 29.0 Å². The lowest BCUT2D eigenvalue weighted by molar-refractivity contribution is -0.0555. The van der Waals surface area contributed by atoms with Crippen LogP contribution in [0.25, 0.3) is 5.52 Å². The van der Waals surface area contributed by atoms with Crippen molar-refractivity contribution >= 4 is 28.7 Å². The fourth-order valence-electron chi connectivity index (χ4n) is 3.57. The van der Waals surface area contributed by atoms with Gasteiger partial charge in [-0.3, -0.25) is 4.79 Å². The molecule has 0 unspecified atom stereocenters. The van der Waals surface area contributed by atoms with Gasteiger partial charge in [-0.25, -0.2) is 22.7 Å². The summed E-state index contributed by atoms with van der Waals surface area (Å²) in [5, 5.41) is 9.77. The molecule has 1 amide bonds. The topological polar surface area (TPSA) is 123 Å². The third-order valence-corrected chi connectivity index (χ3v) is 5.19. The van der Waals surface area contributed by atoms with Gasteiger partial charge >= 0.3 is 0 Å². The molecule has 1 saturated carbocycles. The van der Waals surface area contributed by atoms with Crippen molar-refractivity contribution in [2.24, 2.45) is 11.5 Å². The molecule has 1 fully saturated rings. The van der Waals surface area contributed by atoms with Crippen LogP contribution in [0.3, 0.4) is 0 Å². The number of carbonyl (C=O) groups is 1. The normalized spacial score (nSPS) is 20.8. The zero-order valence-electron chi connectivity index (χ0n) is 15.8. The number of carbonyl (C=O) groups excluding carboxylic acids is 1. The molecule has 8 nitrogen and oxygen atoms in total. The number of rotatable bonds is 5. The fraction of sp³-hybridized carbons (Fsp3) is 0.316. The lowest BCUT2D eigenvalue weighted by atomic mass is 9.87. The molecular weight excluding hydrogens is 399 g/mol. The Morgan fingerprint density at radius 1 is 1.30 bits per heavy atom. The fourth-order valence-corrected chi connectivity index (χ4v) is 3.57. The van der Waals surface area contributed by atoms with Gasteiger partial charge in [-0.2, -0.15) is 5.10 Å². The van der Waals surface area contributed by atoms with Gasteiger partial charge in [0.25, 0.3) is 11.8 Å². The van der Waals surface area contributed by atoms with Crippen LogP contribution in [0.5, 0.6) is 0 Å². The van der Waals surface area contributed by atoms with Gasteiger partial charge < -0.3 is 22.1 Å². The predicted molar refractivity (Wildman–Crippen MR) is 105 cm³/mol. The zero-order valence-corrected chi connectivity index (χ0v) is 15.8. The summed E-state index contributed by atoms with van der Waals surface area (Å²) in [6, 6.07) is 3.93. The first-order chi connectivity index (χ1) is 14.3. The van der Waals surface area contributed by atoms with Gasteiger partial charge in [0, 0.05) is 18.7 Å². The highest BCUT2D eigenvalue weighted by Crippen LogP contribution is 2.34. The Kier molecular flexibility index (Phi) is 4.98. The number of primary amides is 1. The minimum absolute atomic E-state index is 0.0266. The van der Waals surface area contributed by atoms with Crippen molar-refractivity contribution in [1.29, 1.82) is 0 Å². The van der Waals surface area contributed by atoms with E-state index < -0.39 is 29.7 Å². The van der Waals surface area contributed by atoms with Crippen LogP contribution in [0, 0.1) is 5.82 Å². The Bertz CT molecular complexity index is 1100. The predicted octanol–water partition coefficient (Wildman–Crippen LogP) is 2.64. The summed E-state index contributed by atoms with van der Waals surface area (Å²) >= 11 is 0. The summed E-state index contributed by atoms with van der Waals surface area (Å²) < 4.78 is 44.1. The van der Waals surface area contributed by atoms with Crippen molar-refractivity contribution in [3.63, 3.8) is 0 Å². The highest BCUT2D eigenvalue weighted by molar-refractivity contribution is 5.99. The number of anilines is 3. The van der Waals surface area contributed by atoms with Crippen molar-refractivity contribution in [2.45, 2.75) is 37.3 Å². The SMILES string of the molecule is NC(=O)c1cc(F)c(N[C@@H]2CCCC(F)(F)[C@@H]2N)nc1Nc1cnn2ccccc12. The number of nitrogens with zero attached hydrogens (tertiary/aromatic N) is 3. The maximum atomic E-state index is 14.6. The smallest absolute Gasteiger partial charge is 0.264 e. The number of halogens is 3. The number of pyridine rings is 2. The Morgan fingerprint density at radius 3 is 2.87 bits per heavy atom. The lowest BCUT2D eigenvalue weighted by Crippen LogP contribution is -2.55. The van der Waals surface area contributed by atoms with Crippen molar-refractivity contribution in [2.75, 3.05) is 10.6 Å². The molecule has 158 valence electrons. The molecule has 30 heavy (non-hydrogen) atoms. The van der Waals surface area contributed by atoms with E-state index in [0.717, 1.165) is 6.07 Å². The van der Waals surface area contributed by atoms with Gasteiger partial charge in [-0.15, -0.1) is 0 Å². The Balaban J connectivity index is 1.68. The number of hydrogen-bond acceptors (Lipinski definition) is 6. The number of fused-ring (bicyclic) bond motifs is 1. The Labute approximate surface area is 169 Å². The van der Waals surface area contributed by atoms with E-state index in [4.69, 9.17) is 11.5 Å². The minimum Gasteiger partial charge on any atom is -0.365 e. The minimum atomic E-state index is -3.06. The van der Waals surface area contributed by atoms with Crippen LogP contribution in [0.4, 0.5) is 30.5 Å². The average molecular weight is 419 g/mol. The molecule has 0 aliphatic heterocycles. The maximum absolute atomic E-state index is 14.6. The van der Waals surface area contributed by atoms with E-state index in [0.29, 0.717) is 17.6 Å². The molecule has 1 aliphatic rings. The second-order valence-electron chi connectivity index (χ2n) is 7.22. The average Bonchev–Trinajstić information content (AvgIpc) is 3.10. The monoisotopic (exact) mass is 419 g/mol. The molecular formula is C19H20F3N7O.